The number of aliphatic hydroxyl groups is 1. The number of carbonyl (C=O) groups excluding carboxylic acids is 1. The van der Waals surface area contributed by atoms with Crippen LogP contribution >= 0.6 is 15.9 Å². The predicted molar refractivity (Wildman–Crippen MR) is 76.4 cm³/mol. The van der Waals surface area contributed by atoms with Crippen LogP contribution in [0.15, 0.2) is 22.7 Å². The molecule has 0 heterocycles. The highest BCUT2D eigenvalue weighted by Gasteiger charge is 2.07. The normalized spacial score (nSPS) is 12.2. The van der Waals surface area contributed by atoms with Gasteiger partial charge in [0.2, 0.25) is 0 Å². The summed E-state index contributed by atoms with van der Waals surface area (Å²) in [6.45, 7) is 2.79. The number of anilines is 1. The molecular weight excluding hydrogens is 296 g/mol. The summed E-state index contributed by atoms with van der Waals surface area (Å²) in [5, 5.41) is 11.7. The van der Waals surface area contributed by atoms with E-state index >= 15 is 0 Å². The van der Waals surface area contributed by atoms with E-state index in [1.165, 1.54) is 0 Å². The fraction of sp³-hybridized carbons (Fsp3) is 0.462. The largest absolute Gasteiger partial charge is 0.398 e. The van der Waals surface area contributed by atoms with Crippen molar-refractivity contribution in [1.82, 2.24) is 5.32 Å². The van der Waals surface area contributed by atoms with E-state index in [0.29, 0.717) is 17.8 Å². The molecule has 0 bridgehead atoms. The average Bonchev–Trinajstić information content (AvgIpc) is 2.37. The van der Waals surface area contributed by atoms with Crippen LogP contribution in [-0.4, -0.2) is 24.2 Å². The second-order valence-electron chi connectivity index (χ2n) is 4.42. The molecule has 0 saturated carbocycles. The molecule has 0 radical (unpaired) electrons. The molecule has 1 rings (SSSR count). The maximum Gasteiger partial charge on any atom is 0.251 e. The maximum absolute atomic E-state index is 11.8. The first-order valence-corrected chi connectivity index (χ1v) is 6.78. The Kier molecular flexibility index (Phi) is 6.15. The van der Waals surface area contributed by atoms with Gasteiger partial charge in [0, 0.05) is 28.9 Å². The van der Waals surface area contributed by atoms with Gasteiger partial charge in [0.1, 0.15) is 0 Å². The summed E-state index contributed by atoms with van der Waals surface area (Å²) < 4.78 is 0.788. The van der Waals surface area contributed by atoms with Crippen LogP contribution in [0.5, 0.6) is 0 Å². The minimum Gasteiger partial charge on any atom is -0.398 e. The average molecular weight is 315 g/mol. The van der Waals surface area contributed by atoms with Crippen molar-refractivity contribution >= 4 is 27.5 Å². The van der Waals surface area contributed by atoms with Crippen molar-refractivity contribution in [3.8, 4) is 0 Å². The summed E-state index contributed by atoms with van der Waals surface area (Å²) in [4.78, 5) is 11.8. The Bertz CT molecular complexity index is 410. The number of hydrogen-bond acceptors (Lipinski definition) is 3. The van der Waals surface area contributed by atoms with Crippen LogP contribution in [0.25, 0.3) is 0 Å². The summed E-state index contributed by atoms with van der Waals surface area (Å²) in [6, 6.07) is 5.14. The highest BCUT2D eigenvalue weighted by Crippen LogP contribution is 2.20. The molecule has 0 aliphatic rings. The first-order chi connectivity index (χ1) is 8.54. The Morgan fingerprint density at radius 1 is 1.56 bits per heavy atom. The summed E-state index contributed by atoms with van der Waals surface area (Å²) in [5.41, 5.74) is 6.83. The monoisotopic (exact) mass is 314 g/mol. The third-order valence-corrected chi connectivity index (χ3v) is 3.45. The molecule has 4 nitrogen and oxygen atoms in total. The second kappa shape index (κ2) is 7.38. The van der Waals surface area contributed by atoms with Gasteiger partial charge < -0.3 is 16.2 Å². The Hall–Kier alpha value is -1.07. The Balaban J connectivity index is 2.39. The third kappa shape index (κ3) is 4.66. The Morgan fingerprint density at radius 2 is 2.28 bits per heavy atom. The zero-order chi connectivity index (χ0) is 13.5. The van der Waals surface area contributed by atoms with Crippen LogP contribution in [0, 0.1) is 5.92 Å². The van der Waals surface area contributed by atoms with Gasteiger partial charge in [-0.05, 0) is 52.9 Å². The number of nitrogens with two attached hydrogens (primary N) is 1. The van der Waals surface area contributed by atoms with Crippen LogP contribution in [0.2, 0.25) is 0 Å². The molecule has 0 fully saturated rings. The molecule has 1 atom stereocenters. The lowest BCUT2D eigenvalue weighted by molar-refractivity contribution is 0.0952. The van der Waals surface area contributed by atoms with Crippen molar-refractivity contribution in [3.05, 3.63) is 28.2 Å². The number of aliphatic hydroxyl groups excluding tert-OH is 1. The van der Waals surface area contributed by atoms with Crippen LogP contribution in [-0.2, 0) is 0 Å². The molecule has 1 amide bonds. The zero-order valence-electron chi connectivity index (χ0n) is 10.4. The van der Waals surface area contributed by atoms with Crippen molar-refractivity contribution < 1.29 is 9.90 Å². The van der Waals surface area contributed by atoms with E-state index in [0.717, 1.165) is 17.3 Å². The predicted octanol–water partition coefficient (Wildman–Crippen LogP) is 2.17. The molecule has 0 spiro atoms. The highest BCUT2D eigenvalue weighted by molar-refractivity contribution is 9.10. The number of rotatable bonds is 6. The Labute approximate surface area is 116 Å². The van der Waals surface area contributed by atoms with E-state index in [-0.39, 0.29) is 18.4 Å². The SMILES string of the molecule is CC(CO)CCCNC(=O)c1ccc(Br)c(N)c1. The lowest BCUT2D eigenvalue weighted by atomic mass is 10.1. The number of nitrogen functional groups attached to an aromatic ring is 1. The standard InChI is InChI=1S/C13H19BrN2O2/c1-9(8-17)3-2-6-16-13(18)10-4-5-11(14)12(15)7-10/h4-5,7,9,17H,2-3,6,8,15H2,1H3,(H,16,18). The smallest absolute Gasteiger partial charge is 0.251 e. The first kappa shape index (κ1) is 15.0. The van der Waals surface area contributed by atoms with Gasteiger partial charge in [-0.1, -0.05) is 6.92 Å². The van der Waals surface area contributed by atoms with Gasteiger partial charge in [0.15, 0.2) is 0 Å². The summed E-state index contributed by atoms with van der Waals surface area (Å²) >= 11 is 3.29. The molecular formula is C13H19BrN2O2. The van der Waals surface area contributed by atoms with Gasteiger partial charge >= 0.3 is 0 Å². The van der Waals surface area contributed by atoms with Gasteiger partial charge in [0.25, 0.3) is 5.91 Å². The van der Waals surface area contributed by atoms with E-state index in [1.807, 2.05) is 6.92 Å². The molecule has 0 aliphatic heterocycles. The lowest BCUT2D eigenvalue weighted by Gasteiger charge is -2.09. The molecule has 1 unspecified atom stereocenters. The minimum absolute atomic E-state index is 0.120. The third-order valence-electron chi connectivity index (χ3n) is 2.73. The summed E-state index contributed by atoms with van der Waals surface area (Å²) in [7, 11) is 0. The molecule has 18 heavy (non-hydrogen) atoms. The van der Waals surface area contributed by atoms with Crippen molar-refractivity contribution in [2.45, 2.75) is 19.8 Å². The summed E-state index contributed by atoms with van der Waals surface area (Å²) in [6.07, 6.45) is 1.76. The Morgan fingerprint density at radius 3 is 2.89 bits per heavy atom. The van der Waals surface area contributed by atoms with Gasteiger partial charge in [0.05, 0.1) is 0 Å². The number of nitrogens with one attached hydrogen (secondary N) is 1. The highest BCUT2D eigenvalue weighted by atomic mass is 79.9. The molecule has 0 aromatic heterocycles. The molecule has 100 valence electrons. The van der Waals surface area contributed by atoms with Gasteiger partial charge in [-0.15, -0.1) is 0 Å². The van der Waals surface area contributed by atoms with Crippen molar-refractivity contribution in [2.24, 2.45) is 5.92 Å². The fourth-order valence-corrected chi connectivity index (χ4v) is 1.78. The van der Waals surface area contributed by atoms with Crippen molar-refractivity contribution in [1.29, 1.82) is 0 Å². The van der Waals surface area contributed by atoms with Crippen LogP contribution in [0.3, 0.4) is 0 Å². The number of benzene rings is 1. The quantitative estimate of drug-likeness (QED) is 0.556. The van der Waals surface area contributed by atoms with Crippen molar-refractivity contribution in [3.63, 3.8) is 0 Å². The molecule has 1 aromatic carbocycles. The van der Waals surface area contributed by atoms with Crippen LogP contribution < -0.4 is 11.1 Å². The van der Waals surface area contributed by atoms with Crippen LogP contribution in [0.1, 0.15) is 30.1 Å². The molecule has 5 heteroatoms. The maximum atomic E-state index is 11.8. The topological polar surface area (TPSA) is 75.3 Å². The van der Waals surface area contributed by atoms with E-state index in [4.69, 9.17) is 10.8 Å². The number of carbonyl (C=O) groups is 1. The number of halogens is 1. The fourth-order valence-electron chi connectivity index (χ4n) is 1.53. The first-order valence-electron chi connectivity index (χ1n) is 5.98. The van der Waals surface area contributed by atoms with Crippen LogP contribution in [0.4, 0.5) is 5.69 Å². The lowest BCUT2D eigenvalue weighted by Crippen LogP contribution is -2.25. The molecule has 0 saturated heterocycles. The number of hydrogen-bond donors (Lipinski definition) is 3. The van der Waals surface area contributed by atoms with E-state index in [2.05, 4.69) is 21.2 Å². The van der Waals surface area contributed by atoms with E-state index in [1.54, 1.807) is 18.2 Å². The number of amides is 1. The van der Waals surface area contributed by atoms with Crippen molar-refractivity contribution in [2.75, 3.05) is 18.9 Å². The zero-order valence-corrected chi connectivity index (χ0v) is 12.0. The van der Waals surface area contributed by atoms with Gasteiger partial charge in [-0.25, -0.2) is 0 Å². The molecule has 4 N–H and O–H groups in total. The summed E-state index contributed by atoms with van der Waals surface area (Å²) in [5.74, 6) is 0.163. The minimum atomic E-state index is -0.120. The van der Waals surface area contributed by atoms with Gasteiger partial charge in [-0.3, -0.25) is 4.79 Å². The molecule has 0 aliphatic carbocycles. The second-order valence-corrected chi connectivity index (χ2v) is 5.28. The van der Waals surface area contributed by atoms with Gasteiger partial charge in [-0.2, -0.15) is 0 Å². The van der Waals surface area contributed by atoms with E-state index < -0.39 is 0 Å². The molecule has 1 aromatic rings. The van der Waals surface area contributed by atoms with E-state index in [9.17, 15) is 4.79 Å².